The quantitative estimate of drug-likeness (QED) is 0.472. The zero-order chi connectivity index (χ0) is 19.9. The summed E-state index contributed by atoms with van der Waals surface area (Å²) in [6, 6.07) is 14.3. The number of ether oxygens (including phenoxy) is 2. The van der Waals surface area contributed by atoms with E-state index in [1.54, 1.807) is 18.2 Å². The molecule has 1 heterocycles. The van der Waals surface area contributed by atoms with Crippen molar-refractivity contribution in [1.82, 2.24) is 4.98 Å². The van der Waals surface area contributed by atoms with Crippen molar-refractivity contribution in [3.63, 3.8) is 0 Å². The number of fused-ring (bicyclic) bond motifs is 1. The second-order valence-corrected chi connectivity index (χ2v) is 5.73. The molecule has 1 amide bonds. The Morgan fingerprint density at radius 3 is 2.68 bits per heavy atom. The largest absolute Gasteiger partial charge is 0.504 e. The van der Waals surface area contributed by atoms with Crippen LogP contribution in [-0.2, 0) is 19.2 Å². The van der Waals surface area contributed by atoms with E-state index in [1.165, 1.54) is 13.3 Å². The summed E-state index contributed by atoms with van der Waals surface area (Å²) in [5.41, 5.74) is 0. The molecule has 0 bridgehead atoms. The Morgan fingerprint density at radius 2 is 1.96 bits per heavy atom. The molecule has 8 nitrogen and oxygen atoms in total. The van der Waals surface area contributed by atoms with Crippen LogP contribution in [-0.4, -0.2) is 36.2 Å². The van der Waals surface area contributed by atoms with Crippen LogP contribution in [0, 0.1) is 0 Å². The van der Waals surface area contributed by atoms with Crippen molar-refractivity contribution < 1.29 is 29.0 Å². The molecule has 0 radical (unpaired) electrons. The number of carbonyl (C=O) groups excluding carboxylic acids is 2. The number of carbonyl (C=O) groups is 2. The lowest BCUT2D eigenvalue weighted by molar-refractivity contribution is -0.148. The average Bonchev–Trinajstić information content (AvgIpc) is 2.72. The van der Waals surface area contributed by atoms with Gasteiger partial charge < -0.3 is 19.4 Å². The van der Waals surface area contributed by atoms with Crippen LogP contribution in [0.5, 0.6) is 17.2 Å². The Labute approximate surface area is 160 Å². The van der Waals surface area contributed by atoms with Crippen LogP contribution in [0.2, 0.25) is 0 Å². The number of methoxy groups -OCH3 is 1. The Balaban J connectivity index is 1.85. The van der Waals surface area contributed by atoms with Crippen LogP contribution in [0.15, 0.2) is 54.7 Å². The molecule has 0 saturated heterocycles. The molecule has 144 valence electrons. The fourth-order valence-corrected chi connectivity index (χ4v) is 2.48. The summed E-state index contributed by atoms with van der Waals surface area (Å²) < 4.78 is 10.5. The molecule has 0 aliphatic carbocycles. The summed E-state index contributed by atoms with van der Waals surface area (Å²) in [4.78, 5) is 32.0. The lowest BCUT2D eigenvalue weighted by Gasteiger charge is -2.17. The molecule has 2 aromatic carbocycles. The molecule has 0 fully saturated rings. The first-order chi connectivity index (χ1) is 13.6. The van der Waals surface area contributed by atoms with Gasteiger partial charge in [0.25, 0.3) is 0 Å². The minimum Gasteiger partial charge on any atom is -0.504 e. The Morgan fingerprint density at radius 1 is 1.18 bits per heavy atom. The highest BCUT2D eigenvalue weighted by Gasteiger charge is 2.19. The second kappa shape index (κ2) is 8.83. The van der Waals surface area contributed by atoms with Gasteiger partial charge in [-0.15, -0.1) is 5.06 Å². The van der Waals surface area contributed by atoms with Gasteiger partial charge in [-0.2, -0.15) is 0 Å². The first-order valence-corrected chi connectivity index (χ1v) is 8.41. The van der Waals surface area contributed by atoms with Crippen LogP contribution in [0.3, 0.4) is 0 Å². The lowest BCUT2D eigenvalue weighted by Crippen LogP contribution is -2.27. The maximum atomic E-state index is 11.7. The summed E-state index contributed by atoms with van der Waals surface area (Å²) in [7, 11) is 1.44. The summed E-state index contributed by atoms with van der Waals surface area (Å²) >= 11 is 0. The minimum absolute atomic E-state index is 0.0463. The molecular formula is C20H18N2O6. The second-order valence-electron chi connectivity index (χ2n) is 5.73. The predicted molar refractivity (Wildman–Crippen MR) is 101 cm³/mol. The number of hydroxylamine groups is 1. The SMILES string of the molecule is COCCC(=O)ON(C=O)c1ncc2cc(Oc3ccccc3)ccc2c1O. The number of aromatic nitrogens is 1. The van der Waals surface area contributed by atoms with E-state index in [0.29, 0.717) is 27.3 Å². The smallest absolute Gasteiger partial charge is 0.335 e. The molecule has 1 aromatic heterocycles. The van der Waals surface area contributed by atoms with E-state index in [-0.39, 0.29) is 31.0 Å². The van der Waals surface area contributed by atoms with Crippen LogP contribution < -0.4 is 9.80 Å². The van der Waals surface area contributed by atoms with E-state index < -0.39 is 5.97 Å². The highest BCUT2D eigenvalue weighted by Crippen LogP contribution is 2.35. The molecule has 3 aromatic rings. The summed E-state index contributed by atoms with van der Waals surface area (Å²) in [6.07, 6.45) is 1.66. The molecular weight excluding hydrogens is 364 g/mol. The number of aromatic hydroxyl groups is 1. The maximum absolute atomic E-state index is 11.7. The van der Waals surface area contributed by atoms with E-state index in [9.17, 15) is 14.7 Å². The number of pyridine rings is 1. The molecule has 0 atom stereocenters. The number of amides is 1. The van der Waals surface area contributed by atoms with Crippen LogP contribution in [0.4, 0.5) is 5.82 Å². The van der Waals surface area contributed by atoms with Crippen molar-refractivity contribution in [1.29, 1.82) is 0 Å². The number of anilines is 1. The first-order valence-electron chi connectivity index (χ1n) is 8.41. The van der Waals surface area contributed by atoms with Crippen molar-refractivity contribution in [3.8, 4) is 17.2 Å². The van der Waals surface area contributed by atoms with Gasteiger partial charge in [0, 0.05) is 24.1 Å². The monoisotopic (exact) mass is 382 g/mol. The molecule has 8 heteroatoms. The Kier molecular flexibility index (Phi) is 6.03. The van der Waals surface area contributed by atoms with Gasteiger partial charge in [0.15, 0.2) is 5.75 Å². The number of nitrogens with zero attached hydrogens (tertiary/aromatic N) is 2. The van der Waals surface area contributed by atoms with Gasteiger partial charge in [-0.1, -0.05) is 18.2 Å². The van der Waals surface area contributed by atoms with Gasteiger partial charge in [-0.3, -0.25) is 4.79 Å². The third-order valence-electron chi connectivity index (χ3n) is 3.81. The zero-order valence-corrected chi connectivity index (χ0v) is 15.1. The van der Waals surface area contributed by atoms with E-state index in [2.05, 4.69) is 4.98 Å². The van der Waals surface area contributed by atoms with E-state index in [1.807, 2.05) is 30.3 Å². The van der Waals surface area contributed by atoms with Crippen LogP contribution in [0.25, 0.3) is 10.8 Å². The highest BCUT2D eigenvalue weighted by atomic mass is 16.7. The third-order valence-corrected chi connectivity index (χ3v) is 3.81. The standard InChI is InChI=1S/C20H18N2O6/c1-26-10-9-18(24)28-22(13-23)20-19(25)17-8-7-16(11-14(17)12-21-20)27-15-5-3-2-4-6-15/h2-8,11-13,25H,9-10H2,1H3. The van der Waals surface area contributed by atoms with Gasteiger partial charge in [0.05, 0.1) is 13.0 Å². The normalized spacial score (nSPS) is 10.5. The van der Waals surface area contributed by atoms with Gasteiger partial charge in [-0.25, -0.2) is 9.78 Å². The van der Waals surface area contributed by atoms with Crippen molar-refractivity contribution in [3.05, 3.63) is 54.7 Å². The third kappa shape index (κ3) is 4.36. The number of rotatable bonds is 8. The number of hydrogen-bond acceptors (Lipinski definition) is 7. The fourth-order valence-electron chi connectivity index (χ4n) is 2.48. The minimum atomic E-state index is -0.693. The van der Waals surface area contributed by atoms with Crippen molar-refractivity contribution in [2.24, 2.45) is 0 Å². The predicted octanol–water partition coefficient (Wildman–Crippen LogP) is 3.19. The van der Waals surface area contributed by atoms with E-state index in [0.717, 1.165) is 0 Å². The van der Waals surface area contributed by atoms with E-state index >= 15 is 0 Å². The lowest BCUT2D eigenvalue weighted by atomic mass is 10.1. The fraction of sp³-hybridized carbons (Fsp3) is 0.150. The molecule has 0 unspecified atom stereocenters. The Bertz CT molecular complexity index is 977. The zero-order valence-electron chi connectivity index (χ0n) is 15.1. The number of hydrogen-bond donors (Lipinski definition) is 1. The number of para-hydroxylation sites is 1. The summed E-state index contributed by atoms with van der Waals surface area (Å²) in [5.74, 6) is 0.0545. The Hall–Kier alpha value is -3.65. The highest BCUT2D eigenvalue weighted by molar-refractivity contribution is 5.94. The van der Waals surface area contributed by atoms with Crippen molar-refractivity contribution in [2.75, 3.05) is 18.8 Å². The first kappa shape index (κ1) is 19.1. The van der Waals surface area contributed by atoms with Crippen molar-refractivity contribution in [2.45, 2.75) is 6.42 Å². The number of benzene rings is 2. The van der Waals surface area contributed by atoms with Gasteiger partial charge in [-0.05, 0) is 30.3 Å². The molecule has 28 heavy (non-hydrogen) atoms. The molecule has 0 aliphatic rings. The van der Waals surface area contributed by atoms with Gasteiger partial charge in [0.1, 0.15) is 11.5 Å². The van der Waals surface area contributed by atoms with Gasteiger partial charge >= 0.3 is 5.97 Å². The van der Waals surface area contributed by atoms with Crippen LogP contribution >= 0.6 is 0 Å². The van der Waals surface area contributed by atoms with Gasteiger partial charge in [0.2, 0.25) is 12.2 Å². The topological polar surface area (TPSA) is 98.2 Å². The maximum Gasteiger partial charge on any atom is 0.335 e. The van der Waals surface area contributed by atoms with E-state index in [4.69, 9.17) is 14.3 Å². The summed E-state index contributed by atoms with van der Waals surface area (Å²) in [6.45, 7) is 0.146. The molecule has 0 aliphatic heterocycles. The van der Waals surface area contributed by atoms with Crippen LogP contribution in [0.1, 0.15) is 6.42 Å². The molecule has 0 saturated carbocycles. The van der Waals surface area contributed by atoms with Crippen molar-refractivity contribution >= 4 is 29.0 Å². The average molecular weight is 382 g/mol. The molecule has 0 spiro atoms. The molecule has 3 rings (SSSR count). The molecule has 1 N–H and O–H groups in total. The summed E-state index contributed by atoms with van der Waals surface area (Å²) in [5, 5.41) is 12.1.